The van der Waals surface area contributed by atoms with Gasteiger partial charge in [0.15, 0.2) is 0 Å². The fraction of sp³-hybridized carbons (Fsp3) is 0.538. The van der Waals surface area contributed by atoms with Crippen molar-refractivity contribution in [2.24, 2.45) is 0 Å². The largest absolute Gasteiger partial charge is 0.398 e. The number of rotatable bonds is 6. The van der Waals surface area contributed by atoms with E-state index in [9.17, 15) is 8.42 Å². The van der Waals surface area contributed by atoms with Crippen molar-refractivity contribution >= 4 is 47.6 Å². The Kier molecular flexibility index (Phi) is 5.36. The summed E-state index contributed by atoms with van der Waals surface area (Å²) in [6.07, 6.45) is 2.39. The molecule has 1 aliphatic rings. The Hall–Kier alpha value is -0.150. The summed E-state index contributed by atoms with van der Waals surface area (Å²) >= 11 is 6.55. The summed E-state index contributed by atoms with van der Waals surface area (Å²) in [5.74, 6) is 0. The van der Waals surface area contributed by atoms with Crippen molar-refractivity contribution in [3.8, 4) is 0 Å². The summed E-state index contributed by atoms with van der Waals surface area (Å²) in [5.41, 5.74) is 6.06. The molecule has 0 heterocycles. The lowest BCUT2D eigenvalue weighted by molar-refractivity contribution is 0.248. The topological polar surface area (TPSA) is 75.4 Å². The summed E-state index contributed by atoms with van der Waals surface area (Å²) in [7, 11) is -1.61. The molecule has 1 aromatic rings. The Labute approximate surface area is 142 Å². The Morgan fingerprint density at radius 1 is 1.43 bits per heavy atom. The fourth-order valence-corrected chi connectivity index (χ4v) is 5.34. The van der Waals surface area contributed by atoms with E-state index in [4.69, 9.17) is 5.73 Å². The number of hydrogen-bond acceptors (Lipinski definition) is 4. The molecule has 0 bridgehead atoms. The van der Waals surface area contributed by atoms with Crippen LogP contribution in [0.2, 0.25) is 0 Å². The van der Waals surface area contributed by atoms with Gasteiger partial charge in [0.05, 0.1) is 5.69 Å². The highest BCUT2D eigenvalue weighted by Crippen LogP contribution is 2.31. The molecule has 5 nitrogen and oxygen atoms in total. The fourth-order valence-electron chi connectivity index (χ4n) is 2.15. The minimum atomic E-state index is -3.64. The summed E-state index contributed by atoms with van der Waals surface area (Å²) in [5, 5.41) is 0. The van der Waals surface area contributed by atoms with Crippen LogP contribution in [0.4, 0.5) is 5.69 Å². The molecule has 0 spiro atoms. The smallest absolute Gasteiger partial charge is 0.243 e. The van der Waals surface area contributed by atoms with Gasteiger partial charge in [0.25, 0.3) is 0 Å². The number of hydrogen-bond donors (Lipinski definition) is 2. The second-order valence-electron chi connectivity index (χ2n) is 5.40. The van der Waals surface area contributed by atoms with Crippen LogP contribution in [0, 0.1) is 0 Å². The number of halogens is 2. The van der Waals surface area contributed by atoms with Crippen LogP contribution < -0.4 is 10.5 Å². The molecular weight excluding hydrogens is 422 g/mol. The Balaban J connectivity index is 2.11. The number of benzene rings is 1. The number of nitrogens with two attached hydrogens (primary N) is 1. The van der Waals surface area contributed by atoms with Crippen LogP contribution in [0.15, 0.2) is 26.0 Å². The molecule has 1 aromatic carbocycles. The van der Waals surface area contributed by atoms with Gasteiger partial charge in [-0.15, -0.1) is 0 Å². The lowest BCUT2D eigenvalue weighted by Crippen LogP contribution is -2.41. The van der Waals surface area contributed by atoms with Gasteiger partial charge in [-0.1, -0.05) is 15.9 Å². The van der Waals surface area contributed by atoms with Crippen LogP contribution in [0.1, 0.15) is 19.8 Å². The third-order valence-electron chi connectivity index (χ3n) is 3.69. The highest BCUT2D eigenvalue weighted by molar-refractivity contribution is 9.11. The predicted molar refractivity (Wildman–Crippen MR) is 91.7 cm³/mol. The normalized spacial score (nSPS) is 17.2. The first-order valence-corrected chi connectivity index (χ1v) is 9.75. The molecule has 0 radical (unpaired) electrons. The molecule has 8 heteroatoms. The number of nitrogen functional groups attached to an aromatic ring is 1. The highest BCUT2D eigenvalue weighted by atomic mass is 79.9. The molecule has 0 saturated heterocycles. The maximum atomic E-state index is 12.4. The lowest BCUT2D eigenvalue weighted by Gasteiger charge is -2.24. The number of anilines is 1. The molecule has 1 unspecified atom stereocenters. The van der Waals surface area contributed by atoms with Gasteiger partial charge in [0, 0.05) is 27.6 Å². The first kappa shape index (κ1) is 17.2. The van der Waals surface area contributed by atoms with Gasteiger partial charge < -0.3 is 5.73 Å². The molecule has 3 N–H and O–H groups in total. The molecule has 2 rings (SSSR count). The minimum Gasteiger partial charge on any atom is -0.398 e. The summed E-state index contributed by atoms with van der Waals surface area (Å²) in [4.78, 5) is 2.30. The van der Waals surface area contributed by atoms with Crippen molar-refractivity contribution in [2.75, 3.05) is 19.3 Å². The average molecular weight is 441 g/mol. The number of sulfonamides is 1. The van der Waals surface area contributed by atoms with Crippen LogP contribution in [-0.4, -0.2) is 39.0 Å². The van der Waals surface area contributed by atoms with Crippen molar-refractivity contribution in [1.29, 1.82) is 0 Å². The molecule has 1 saturated carbocycles. The van der Waals surface area contributed by atoms with Gasteiger partial charge in [-0.25, -0.2) is 13.1 Å². The van der Waals surface area contributed by atoms with Gasteiger partial charge in [-0.2, -0.15) is 0 Å². The number of nitrogens with zero attached hydrogens (tertiary/aromatic N) is 1. The molecule has 1 atom stereocenters. The molecule has 0 aliphatic heterocycles. The molecule has 118 valence electrons. The third kappa shape index (κ3) is 4.19. The monoisotopic (exact) mass is 439 g/mol. The van der Waals surface area contributed by atoms with Crippen molar-refractivity contribution in [2.45, 2.75) is 36.7 Å². The first-order valence-electron chi connectivity index (χ1n) is 6.68. The van der Waals surface area contributed by atoms with E-state index in [2.05, 4.69) is 41.5 Å². The standard InChI is InChI=1S/C13H19Br2N3O2S/c1-8(18(2)10-3-4-10)7-17-21(19,20)13-11(15)5-9(14)6-12(13)16/h5-6,8,10,17H,3-4,7,16H2,1-2H3. The van der Waals surface area contributed by atoms with Crippen LogP contribution in [0.3, 0.4) is 0 Å². The van der Waals surface area contributed by atoms with Crippen molar-refractivity contribution in [3.05, 3.63) is 21.1 Å². The second-order valence-corrected chi connectivity index (χ2v) is 8.88. The summed E-state index contributed by atoms with van der Waals surface area (Å²) in [6.45, 7) is 2.37. The Morgan fingerprint density at radius 3 is 2.57 bits per heavy atom. The van der Waals surface area contributed by atoms with Gasteiger partial charge >= 0.3 is 0 Å². The lowest BCUT2D eigenvalue weighted by atomic mass is 10.3. The van der Waals surface area contributed by atoms with Crippen LogP contribution in [-0.2, 0) is 10.0 Å². The number of nitrogens with one attached hydrogen (secondary N) is 1. The minimum absolute atomic E-state index is 0.0898. The Morgan fingerprint density at radius 2 is 2.05 bits per heavy atom. The third-order valence-corrected chi connectivity index (χ3v) is 6.58. The average Bonchev–Trinajstić information content (AvgIpc) is 3.17. The zero-order valence-corrected chi connectivity index (χ0v) is 15.9. The van der Waals surface area contributed by atoms with Gasteiger partial charge in [0.1, 0.15) is 4.90 Å². The van der Waals surface area contributed by atoms with Gasteiger partial charge in [0.2, 0.25) is 10.0 Å². The predicted octanol–water partition coefficient (Wildman–Crippen LogP) is 2.55. The quantitative estimate of drug-likeness (QED) is 0.666. The molecule has 0 amide bonds. The van der Waals surface area contributed by atoms with Crippen LogP contribution in [0.25, 0.3) is 0 Å². The molecule has 0 aromatic heterocycles. The summed E-state index contributed by atoms with van der Waals surface area (Å²) < 4.78 is 28.7. The maximum Gasteiger partial charge on any atom is 0.243 e. The van der Waals surface area contributed by atoms with E-state index in [1.54, 1.807) is 12.1 Å². The SMILES string of the molecule is CC(CNS(=O)(=O)c1c(N)cc(Br)cc1Br)N(C)C1CC1. The van der Waals surface area contributed by atoms with Crippen molar-refractivity contribution in [3.63, 3.8) is 0 Å². The molecule has 21 heavy (non-hydrogen) atoms. The molecule has 1 fully saturated rings. The van der Waals surface area contributed by atoms with Crippen molar-refractivity contribution in [1.82, 2.24) is 9.62 Å². The molecular formula is C13H19Br2N3O2S. The maximum absolute atomic E-state index is 12.4. The van der Waals surface area contributed by atoms with E-state index in [0.717, 1.165) is 4.47 Å². The van der Waals surface area contributed by atoms with Crippen LogP contribution in [0.5, 0.6) is 0 Å². The number of likely N-dealkylation sites (N-methyl/N-ethyl adjacent to an activating group) is 1. The van der Waals surface area contributed by atoms with E-state index in [1.165, 1.54) is 12.8 Å². The molecule has 1 aliphatic carbocycles. The zero-order chi connectivity index (χ0) is 15.8. The Bertz CT molecular complexity index is 609. The van der Waals surface area contributed by atoms with E-state index in [1.807, 2.05) is 14.0 Å². The van der Waals surface area contributed by atoms with Gasteiger partial charge in [-0.3, -0.25) is 4.90 Å². The first-order chi connectivity index (χ1) is 9.72. The van der Waals surface area contributed by atoms with E-state index in [0.29, 0.717) is 17.1 Å². The highest BCUT2D eigenvalue weighted by Gasteiger charge is 2.30. The second kappa shape index (κ2) is 6.54. The van der Waals surface area contributed by atoms with Gasteiger partial charge in [-0.05, 0) is 54.9 Å². The van der Waals surface area contributed by atoms with Crippen LogP contribution >= 0.6 is 31.9 Å². The van der Waals surface area contributed by atoms with E-state index in [-0.39, 0.29) is 16.6 Å². The van der Waals surface area contributed by atoms with E-state index < -0.39 is 10.0 Å². The van der Waals surface area contributed by atoms with E-state index >= 15 is 0 Å². The zero-order valence-electron chi connectivity index (χ0n) is 11.9. The van der Waals surface area contributed by atoms with Crippen molar-refractivity contribution < 1.29 is 8.42 Å². The summed E-state index contributed by atoms with van der Waals surface area (Å²) in [6, 6.07) is 3.99.